The fourth-order valence-corrected chi connectivity index (χ4v) is 2.14. The molecule has 1 rings (SSSR count). The van der Waals surface area contributed by atoms with E-state index in [1.807, 2.05) is 26.0 Å². The third-order valence-electron chi connectivity index (χ3n) is 2.99. The van der Waals surface area contributed by atoms with Crippen LogP contribution < -0.4 is 11.3 Å². The molecule has 1 aromatic rings. The lowest BCUT2D eigenvalue weighted by molar-refractivity contribution is 0.00711. The molecule has 18 heavy (non-hydrogen) atoms. The van der Waals surface area contributed by atoms with Gasteiger partial charge in [-0.05, 0) is 44.4 Å². The van der Waals surface area contributed by atoms with Crippen LogP contribution in [0, 0.1) is 0 Å². The second kappa shape index (κ2) is 6.73. The fraction of sp³-hybridized carbons (Fsp3) is 0.538. The molecule has 0 aromatic heterocycles. The van der Waals surface area contributed by atoms with Crippen LogP contribution in [0.3, 0.4) is 0 Å². The molecule has 0 aliphatic heterocycles. The van der Waals surface area contributed by atoms with E-state index in [0.717, 1.165) is 18.4 Å². The Morgan fingerprint density at radius 2 is 2.00 bits per heavy atom. The number of nitrogens with two attached hydrogens (primary N) is 1. The highest BCUT2D eigenvalue weighted by Crippen LogP contribution is 2.24. The van der Waals surface area contributed by atoms with Crippen LogP contribution in [0.4, 0.5) is 0 Å². The third kappa shape index (κ3) is 4.75. The minimum atomic E-state index is -0.215. The van der Waals surface area contributed by atoms with Crippen LogP contribution in [-0.4, -0.2) is 18.8 Å². The Bertz CT molecular complexity index is 397. The van der Waals surface area contributed by atoms with E-state index >= 15 is 0 Å². The first-order valence-corrected chi connectivity index (χ1v) is 6.59. The van der Waals surface area contributed by atoms with E-state index in [-0.39, 0.29) is 11.6 Å². The SMILES string of the molecule is COC(C)(C)CC(Cc1ccc(Cl)c(Cl)c1)NN. The quantitative estimate of drug-likeness (QED) is 0.625. The van der Waals surface area contributed by atoms with Crippen molar-refractivity contribution in [3.8, 4) is 0 Å². The summed E-state index contributed by atoms with van der Waals surface area (Å²) in [6.45, 7) is 4.07. The highest BCUT2D eigenvalue weighted by atomic mass is 35.5. The summed E-state index contributed by atoms with van der Waals surface area (Å²) in [4.78, 5) is 0. The number of benzene rings is 1. The molecule has 0 fully saturated rings. The van der Waals surface area contributed by atoms with Crippen molar-refractivity contribution in [1.82, 2.24) is 5.43 Å². The molecule has 3 nitrogen and oxygen atoms in total. The molecule has 0 heterocycles. The molecule has 5 heteroatoms. The molecule has 102 valence electrons. The monoisotopic (exact) mass is 290 g/mol. The summed E-state index contributed by atoms with van der Waals surface area (Å²) >= 11 is 11.9. The van der Waals surface area contributed by atoms with Crippen LogP contribution >= 0.6 is 23.2 Å². The first-order valence-electron chi connectivity index (χ1n) is 5.83. The maximum atomic E-state index is 5.99. The van der Waals surface area contributed by atoms with Crippen molar-refractivity contribution in [1.29, 1.82) is 0 Å². The zero-order valence-electron chi connectivity index (χ0n) is 11.0. The largest absolute Gasteiger partial charge is 0.379 e. The maximum absolute atomic E-state index is 5.99. The number of ether oxygens (including phenoxy) is 1. The van der Waals surface area contributed by atoms with E-state index in [0.29, 0.717) is 10.0 Å². The van der Waals surface area contributed by atoms with E-state index < -0.39 is 0 Å². The topological polar surface area (TPSA) is 47.3 Å². The lowest BCUT2D eigenvalue weighted by atomic mass is 9.94. The molecule has 3 N–H and O–H groups in total. The van der Waals surface area contributed by atoms with Crippen molar-refractivity contribution in [2.75, 3.05) is 7.11 Å². The van der Waals surface area contributed by atoms with Crippen molar-refractivity contribution >= 4 is 23.2 Å². The summed E-state index contributed by atoms with van der Waals surface area (Å²) in [5.74, 6) is 5.59. The molecule has 0 aliphatic rings. The minimum absolute atomic E-state index is 0.122. The average molecular weight is 291 g/mol. The van der Waals surface area contributed by atoms with E-state index in [9.17, 15) is 0 Å². The molecule has 1 unspecified atom stereocenters. The lowest BCUT2D eigenvalue weighted by Gasteiger charge is -2.28. The smallest absolute Gasteiger partial charge is 0.0638 e. The molecule has 0 saturated heterocycles. The number of halogens is 2. The molecule has 1 atom stereocenters. The maximum Gasteiger partial charge on any atom is 0.0638 e. The number of nitrogens with one attached hydrogen (secondary N) is 1. The van der Waals surface area contributed by atoms with Gasteiger partial charge in [0.1, 0.15) is 0 Å². The second-order valence-electron chi connectivity index (χ2n) is 4.98. The Labute approximate surface area is 119 Å². The number of hydrogen-bond acceptors (Lipinski definition) is 3. The van der Waals surface area contributed by atoms with Crippen LogP contribution in [0.15, 0.2) is 18.2 Å². The third-order valence-corrected chi connectivity index (χ3v) is 3.73. The van der Waals surface area contributed by atoms with Crippen LogP contribution in [-0.2, 0) is 11.2 Å². The molecule has 0 spiro atoms. The summed E-state index contributed by atoms with van der Waals surface area (Å²) in [6.07, 6.45) is 1.58. The van der Waals surface area contributed by atoms with Crippen LogP contribution in [0.1, 0.15) is 25.8 Å². The molecule has 0 radical (unpaired) electrons. The predicted molar refractivity (Wildman–Crippen MR) is 77.0 cm³/mol. The van der Waals surface area contributed by atoms with Crippen molar-refractivity contribution in [2.24, 2.45) is 5.84 Å². The van der Waals surface area contributed by atoms with Gasteiger partial charge in [0.05, 0.1) is 15.6 Å². The molecule has 1 aromatic carbocycles. The molecule has 0 bridgehead atoms. The molecule has 0 aliphatic carbocycles. The van der Waals surface area contributed by atoms with Gasteiger partial charge in [0.25, 0.3) is 0 Å². The van der Waals surface area contributed by atoms with Gasteiger partial charge < -0.3 is 4.74 Å². The summed E-state index contributed by atoms with van der Waals surface area (Å²) in [5.41, 5.74) is 3.70. The summed E-state index contributed by atoms with van der Waals surface area (Å²) in [6, 6.07) is 5.75. The van der Waals surface area contributed by atoms with Gasteiger partial charge in [0.2, 0.25) is 0 Å². The van der Waals surface area contributed by atoms with E-state index in [1.54, 1.807) is 13.2 Å². The van der Waals surface area contributed by atoms with Crippen molar-refractivity contribution in [3.63, 3.8) is 0 Å². The second-order valence-corrected chi connectivity index (χ2v) is 5.80. The van der Waals surface area contributed by atoms with E-state index in [2.05, 4.69) is 5.43 Å². The van der Waals surface area contributed by atoms with Crippen molar-refractivity contribution < 1.29 is 4.74 Å². The first-order chi connectivity index (χ1) is 8.38. The van der Waals surface area contributed by atoms with Crippen LogP contribution in [0.2, 0.25) is 10.0 Å². The Kier molecular flexibility index (Phi) is 5.89. The molecule has 0 amide bonds. The lowest BCUT2D eigenvalue weighted by Crippen LogP contribution is -2.42. The zero-order chi connectivity index (χ0) is 13.8. The van der Waals surface area contributed by atoms with Gasteiger partial charge in [-0.15, -0.1) is 0 Å². The van der Waals surface area contributed by atoms with Gasteiger partial charge in [-0.1, -0.05) is 29.3 Å². The number of hydrazine groups is 1. The van der Waals surface area contributed by atoms with Crippen LogP contribution in [0.25, 0.3) is 0 Å². The summed E-state index contributed by atoms with van der Waals surface area (Å²) in [5, 5.41) is 1.13. The highest BCUT2D eigenvalue weighted by Gasteiger charge is 2.22. The van der Waals surface area contributed by atoms with Gasteiger partial charge in [-0.2, -0.15) is 0 Å². The Morgan fingerprint density at radius 1 is 1.33 bits per heavy atom. The van der Waals surface area contributed by atoms with E-state index in [4.69, 9.17) is 33.8 Å². The number of rotatable bonds is 6. The number of methoxy groups -OCH3 is 1. The molecular formula is C13H20Cl2N2O. The highest BCUT2D eigenvalue weighted by molar-refractivity contribution is 6.42. The number of hydrogen-bond donors (Lipinski definition) is 2. The Morgan fingerprint density at radius 3 is 2.50 bits per heavy atom. The summed E-state index contributed by atoms with van der Waals surface area (Å²) in [7, 11) is 1.70. The fourth-order valence-electron chi connectivity index (χ4n) is 1.82. The zero-order valence-corrected chi connectivity index (χ0v) is 12.5. The minimum Gasteiger partial charge on any atom is -0.379 e. The predicted octanol–water partition coefficient (Wildman–Crippen LogP) is 3.18. The van der Waals surface area contributed by atoms with Gasteiger partial charge in [-0.3, -0.25) is 11.3 Å². The average Bonchev–Trinajstić information content (AvgIpc) is 2.33. The van der Waals surface area contributed by atoms with Crippen molar-refractivity contribution in [3.05, 3.63) is 33.8 Å². The summed E-state index contributed by atoms with van der Waals surface area (Å²) < 4.78 is 5.41. The first kappa shape index (κ1) is 15.7. The van der Waals surface area contributed by atoms with Crippen molar-refractivity contribution in [2.45, 2.75) is 38.3 Å². The molecule has 0 saturated carbocycles. The molecular weight excluding hydrogens is 271 g/mol. The van der Waals surface area contributed by atoms with Gasteiger partial charge in [0.15, 0.2) is 0 Å². The van der Waals surface area contributed by atoms with E-state index in [1.165, 1.54) is 0 Å². The van der Waals surface area contributed by atoms with Gasteiger partial charge in [0, 0.05) is 13.2 Å². The van der Waals surface area contributed by atoms with Crippen LogP contribution in [0.5, 0.6) is 0 Å². The Balaban J connectivity index is 2.71. The van der Waals surface area contributed by atoms with Gasteiger partial charge in [-0.25, -0.2) is 0 Å². The van der Waals surface area contributed by atoms with Gasteiger partial charge >= 0.3 is 0 Å². The Hall–Kier alpha value is -0.320. The normalized spacial score (nSPS) is 13.7. The standard InChI is InChI=1S/C13H20Cl2N2O/c1-13(2,18-3)8-10(17-16)6-9-4-5-11(14)12(15)7-9/h4-5,7,10,17H,6,8,16H2,1-3H3.